The summed E-state index contributed by atoms with van der Waals surface area (Å²) in [6.45, 7) is 1.63. The van der Waals surface area contributed by atoms with Gasteiger partial charge in [0.1, 0.15) is 0 Å². The van der Waals surface area contributed by atoms with Gasteiger partial charge >= 0.3 is 0 Å². The van der Waals surface area contributed by atoms with E-state index in [4.69, 9.17) is 0 Å². The van der Waals surface area contributed by atoms with Crippen molar-refractivity contribution in [2.75, 3.05) is 20.1 Å². The maximum absolute atomic E-state index is 12.4. The minimum atomic E-state index is 0.0841. The van der Waals surface area contributed by atoms with E-state index in [1.165, 1.54) is 0 Å². The number of para-hydroxylation sites is 1. The molecule has 0 radical (unpaired) electrons. The Balaban J connectivity index is 1.76. The predicted octanol–water partition coefficient (Wildman–Crippen LogP) is 2.46. The van der Waals surface area contributed by atoms with Crippen LogP contribution in [0.1, 0.15) is 18.4 Å². The number of hydrogen-bond acceptors (Lipinski definition) is 3. The molecule has 2 aromatic rings. The molecule has 4 nitrogen and oxygen atoms in total. The van der Waals surface area contributed by atoms with Crippen LogP contribution in [-0.2, 0) is 4.79 Å². The summed E-state index contributed by atoms with van der Waals surface area (Å²) in [5.74, 6) is 0.0841. The third-order valence-electron chi connectivity index (χ3n) is 4.23. The van der Waals surface area contributed by atoms with E-state index in [9.17, 15) is 4.79 Å². The Morgan fingerprint density at radius 1 is 1.36 bits per heavy atom. The molecule has 0 aliphatic carbocycles. The summed E-state index contributed by atoms with van der Waals surface area (Å²) in [5, 5.41) is 4.33. The number of rotatable bonds is 3. The molecule has 1 unspecified atom stereocenters. The number of benzene rings is 1. The minimum Gasteiger partial charge on any atom is -0.338 e. The van der Waals surface area contributed by atoms with Gasteiger partial charge in [0.2, 0.25) is 5.91 Å². The lowest BCUT2D eigenvalue weighted by atomic mass is 10.1. The summed E-state index contributed by atoms with van der Waals surface area (Å²) >= 11 is 0. The summed E-state index contributed by atoms with van der Waals surface area (Å²) < 4.78 is 0. The van der Waals surface area contributed by atoms with E-state index in [-0.39, 0.29) is 5.91 Å². The van der Waals surface area contributed by atoms with Gasteiger partial charge in [-0.1, -0.05) is 18.2 Å². The SMILES string of the molecule is CNC1CCCN(C(=O)C=Cc2ccnc3ccccc23)C1. The molecule has 1 aromatic carbocycles. The highest BCUT2D eigenvalue weighted by Crippen LogP contribution is 2.18. The van der Waals surface area contributed by atoms with Crippen LogP contribution in [0.5, 0.6) is 0 Å². The normalized spacial score (nSPS) is 19.0. The van der Waals surface area contributed by atoms with Crippen molar-refractivity contribution in [3.8, 4) is 0 Å². The number of fused-ring (bicyclic) bond motifs is 1. The van der Waals surface area contributed by atoms with Crippen LogP contribution in [0.15, 0.2) is 42.6 Å². The number of carbonyl (C=O) groups excluding carboxylic acids is 1. The third-order valence-corrected chi connectivity index (χ3v) is 4.23. The largest absolute Gasteiger partial charge is 0.338 e. The Kier molecular flexibility index (Phi) is 4.49. The van der Waals surface area contributed by atoms with Gasteiger partial charge in [-0.25, -0.2) is 0 Å². The number of piperidine rings is 1. The summed E-state index contributed by atoms with van der Waals surface area (Å²) in [4.78, 5) is 18.6. The van der Waals surface area contributed by atoms with Crippen LogP contribution in [-0.4, -0.2) is 42.0 Å². The second-order valence-electron chi connectivity index (χ2n) is 5.66. The Morgan fingerprint density at radius 2 is 2.23 bits per heavy atom. The molecular weight excluding hydrogens is 274 g/mol. The van der Waals surface area contributed by atoms with Crippen molar-refractivity contribution in [2.45, 2.75) is 18.9 Å². The summed E-state index contributed by atoms with van der Waals surface area (Å²) in [5.41, 5.74) is 1.98. The maximum Gasteiger partial charge on any atom is 0.246 e. The molecule has 1 saturated heterocycles. The van der Waals surface area contributed by atoms with Crippen LogP contribution >= 0.6 is 0 Å². The first kappa shape index (κ1) is 14.7. The first-order chi connectivity index (χ1) is 10.8. The molecule has 0 bridgehead atoms. The van der Waals surface area contributed by atoms with E-state index in [0.717, 1.165) is 42.4 Å². The standard InChI is InChI=1S/C18H21N3O/c1-19-15-5-4-12-21(13-15)18(22)9-8-14-10-11-20-17-7-3-2-6-16(14)17/h2-3,6-11,15,19H,4-5,12-13H2,1H3. The van der Waals surface area contributed by atoms with E-state index in [0.29, 0.717) is 6.04 Å². The number of pyridine rings is 1. The lowest BCUT2D eigenvalue weighted by Gasteiger charge is -2.31. The number of likely N-dealkylation sites (N-methyl/N-ethyl adjacent to an activating group) is 1. The molecule has 1 fully saturated rings. The molecule has 1 aliphatic rings. The maximum atomic E-state index is 12.4. The number of aromatic nitrogens is 1. The zero-order valence-corrected chi connectivity index (χ0v) is 12.8. The fourth-order valence-electron chi connectivity index (χ4n) is 2.94. The second-order valence-corrected chi connectivity index (χ2v) is 5.66. The fourth-order valence-corrected chi connectivity index (χ4v) is 2.94. The van der Waals surface area contributed by atoms with Crippen molar-refractivity contribution in [1.29, 1.82) is 0 Å². The molecule has 1 aliphatic heterocycles. The molecule has 3 rings (SSSR count). The summed E-state index contributed by atoms with van der Waals surface area (Å²) in [7, 11) is 1.96. The van der Waals surface area contributed by atoms with Crippen molar-refractivity contribution in [1.82, 2.24) is 15.2 Å². The van der Waals surface area contributed by atoms with E-state index in [1.54, 1.807) is 12.3 Å². The van der Waals surface area contributed by atoms with Gasteiger partial charge in [0.15, 0.2) is 0 Å². The molecule has 1 amide bonds. The van der Waals surface area contributed by atoms with Gasteiger partial charge in [0.25, 0.3) is 0 Å². The number of nitrogens with zero attached hydrogens (tertiary/aromatic N) is 2. The van der Waals surface area contributed by atoms with Crippen molar-refractivity contribution >= 4 is 22.9 Å². The lowest BCUT2D eigenvalue weighted by Crippen LogP contribution is -2.46. The fraction of sp³-hybridized carbons (Fsp3) is 0.333. The monoisotopic (exact) mass is 295 g/mol. The molecule has 22 heavy (non-hydrogen) atoms. The lowest BCUT2D eigenvalue weighted by molar-refractivity contribution is -0.127. The number of amides is 1. The molecule has 114 valence electrons. The second kappa shape index (κ2) is 6.71. The smallest absolute Gasteiger partial charge is 0.246 e. The van der Waals surface area contributed by atoms with Gasteiger partial charge in [-0.05, 0) is 43.7 Å². The average Bonchev–Trinajstić information content (AvgIpc) is 2.59. The van der Waals surface area contributed by atoms with E-state index < -0.39 is 0 Å². The van der Waals surface area contributed by atoms with Gasteiger partial charge < -0.3 is 10.2 Å². The van der Waals surface area contributed by atoms with Gasteiger partial charge in [-0.15, -0.1) is 0 Å². The summed E-state index contributed by atoms with van der Waals surface area (Å²) in [6.07, 6.45) is 7.56. The van der Waals surface area contributed by atoms with Gasteiger partial charge in [0, 0.05) is 36.8 Å². The molecule has 4 heteroatoms. The molecule has 1 aromatic heterocycles. The Labute approximate surface area is 130 Å². The number of nitrogens with one attached hydrogen (secondary N) is 1. The van der Waals surface area contributed by atoms with Crippen LogP contribution < -0.4 is 5.32 Å². The number of likely N-dealkylation sites (tertiary alicyclic amines) is 1. The number of carbonyl (C=O) groups is 1. The zero-order chi connectivity index (χ0) is 15.4. The van der Waals surface area contributed by atoms with Gasteiger partial charge in [0.05, 0.1) is 5.52 Å². The Hall–Kier alpha value is -2.20. The number of hydrogen-bond donors (Lipinski definition) is 1. The Morgan fingerprint density at radius 3 is 3.09 bits per heavy atom. The Bertz CT molecular complexity index is 690. The van der Waals surface area contributed by atoms with Crippen LogP contribution in [0.4, 0.5) is 0 Å². The quantitative estimate of drug-likeness (QED) is 0.885. The van der Waals surface area contributed by atoms with Crippen LogP contribution in [0.25, 0.3) is 17.0 Å². The van der Waals surface area contributed by atoms with E-state index in [2.05, 4.69) is 10.3 Å². The highest BCUT2D eigenvalue weighted by molar-refractivity contribution is 5.95. The first-order valence-electron chi connectivity index (χ1n) is 7.76. The first-order valence-corrected chi connectivity index (χ1v) is 7.76. The topological polar surface area (TPSA) is 45.2 Å². The van der Waals surface area contributed by atoms with Crippen molar-refractivity contribution in [3.63, 3.8) is 0 Å². The predicted molar refractivity (Wildman–Crippen MR) is 89.4 cm³/mol. The van der Waals surface area contributed by atoms with E-state index in [1.807, 2.05) is 48.4 Å². The highest BCUT2D eigenvalue weighted by atomic mass is 16.2. The van der Waals surface area contributed by atoms with Crippen LogP contribution in [0.2, 0.25) is 0 Å². The van der Waals surface area contributed by atoms with Gasteiger partial charge in [-0.3, -0.25) is 9.78 Å². The van der Waals surface area contributed by atoms with Crippen LogP contribution in [0.3, 0.4) is 0 Å². The molecule has 1 N–H and O–H groups in total. The van der Waals surface area contributed by atoms with Crippen molar-refractivity contribution in [2.24, 2.45) is 0 Å². The average molecular weight is 295 g/mol. The van der Waals surface area contributed by atoms with E-state index >= 15 is 0 Å². The van der Waals surface area contributed by atoms with Crippen molar-refractivity contribution < 1.29 is 4.79 Å². The molecule has 0 spiro atoms. The third kappa shape index (κ3) is 3.17. The molecule has 2 heterocycles. The highest BCUT2D eigenvalue weighted by Gasteiger charge is 2.20. The summed E-state index contributed by atoms with van der Waals surface area (Å²) in [6, 6.07) is 10.3. The molecule has 1 atom stereocenters. The minimum absolute atomic E-state index is 0.0841. The van der Waals surface area contributed by atoms with Crippen molar-refractivity contribution in [3.05, 3.63) is 48.2 Å². The zero-order valence-electron chi connectivity index (χ0n) is 12.8. The molecule has 0 saturated carbocycles. The molecular formula is C18H21N3O. The van der Waals surface area contributed by atoms with Crippen LogP contribution in [0, 0.1) is 0 Å². The van der Waals surface area contributed by atoms with Gasteiger partial charge in [-0.2, -0.15) is 0 Å².